The lowest BCUT2D eigenvalue weighted by Gasteiger charge is -2.14. The van der Waals surface area contributed by atoms with E-state index in [4.69, 9.17) is 9.63 Å². The molecule has 94 valence electrons. The molecule has 1 atom stereocenters. The van der Waals surface area contributed by atoms with Crippen molar-refractivity contribution >= 4 is 11.9 Å². The molecule has 0 aliphatic rings. The maximum absolute atomic E-state index is 11.6. The number of aromatic nitrogens is 1. The van der Waals surface area contributed by atoms with Crippen LogP contribution in [0.25, 0.3) is 0 Å². The van der Waals surface area contributed by atoms with Crippen molar-refractivity contribution in [3.05, 3.63) is 17.5 Å². The summed E-state index contributed by atoms with van der Waals surface area (Å²) in [6.07, 6.45) is -0.227. The standard InChI is InChI=1S/C11H15NO5/c1-6(2)10(11(15)16-3)8-4-7(12-17-8)5-9(13)14/h4,6,10H,5H2,1-3H3,(H,13,14). The third kappa shape index (κ3) is 3.30. The molecule has 6 nitrogen and oxygen atoms in total. The molecule has 1 aromatic heterocycles. The van der Waals surface area contributed by atoms with Crippen LogP contribution in [0.5, 0.6) is 0 Å². The summed E-state index contributed by atoms with van der Waals surface area (Å²) in [6.45, 7) is 3.70. The zero-order chi connectivity index (χ0) is 13.0. The van der Waals surface area contributed by atoms with E-state index < -0.39 is 17.9 Å². The van der Waals surface area contributed by atoms with Gasteiger partial charge in [0, 0.05) is 6.07 Å². The molecule has 1 aromatic rings. The number of methoxy groups -OCH3 is 1. The van der Waals surface area contributed by atoms with E-state index in [1.165, 1.54) is 13.2 Å². The van der Waals surface area contributed by atoms with Crippen LogP contribution in [0.4, 0.5) is 0 Å². The van der Waals surface area contributed by atoms with Crippen LogP contribution >= 0.6 is 0 Å². The van der Waals surface area contributed by atoms with E-state index in [1.807, 2.05) is 13.8 Å². The zero-order valence-corrected chi connectivity index (χ0v) is 9.97. The average molecular weight is 241 g/mol. The average Bonchev–Trinajstić information content (AvgIpc) is 2.64. The molecule has 0 aromatic carbocycles. The van der Waals surface area contributed by atoms with Gasteiger partial charge in [-0.1, -0.05) is 19.0 Å². The second kappa shape index (κ2) is 5.47. The molecule has 0 saturated heterocycles. The number of carbonyl (C=O) groups excluding carboxylic acids is 1. The molecule has 0 fully saturated rings. The lowest BCUT2D eigenvalue weighted by Crippen LogP contribution is -2.19. The van der Waals surface area contributed by atoms with E-state index in [1.54, 1.807) is 0 Å². The Bertz CT molecular complexity index is 410. The molecule has 0 bridgehead atoms. The molecule has 0 saturated carbocycles. The second-order valence-corrected chi connectivity index (χ2v) is 4.04. The Morgan fingerprint density at radius 3 is 2.65 bits per heavy atom. The first-order valence-corrected chi connectivity index (χ1v) is 5.20. The topological polar surface area (TPSA) is 89.6 Å². The first kappa shape index (κ1) is 13.2. The Labute approximate surface area is 98.5 Å². The summed E-state index contributed by atoms with van der Waals surface area (Å²) in [5.41, 5.74) is 0.294. The van der Waals surface area contributed by atoms with Gasteiger partial charge >= 0.3 is 11.9 Å². The van der Waals surface area contributed by atoms with Crippen LogP contribution < -0.4 is 0 Å². The molecule has 17 heavy (non-hydrogen) atoms. The fraction of sp³-hybridized carbons (Fsp3) is 0.545. The number of ether oxygens (including phenoxy) is 1. The highest BCUT2D eigenvalue weighted by Gasteiger charge is 2.29. The summed E-state index contributed by atoms with van der Waals surface area (Å²) in [5.74, 6) is -1.66. The number of hydrogen-bond donors (Lipinski definition) is 1. The Balaban J connectivity index is 2.92. The summed E-state index contributed by atoms with van der Waals surface area (Å²) in [5, 5.41) is 12.2. The van der Waals surface area contributed by atoms with Gasteiger partial charge in [0.25, 0.3) is 0 Å². The minimum atomic E-state index is -0.996. The molecule has 0 aliphatic carbocycles. The van der Waals surface area contributed by atoms with Crippen LogP contribution in [0.15, 0.2) is 10.6 Å². The van der Waals surface area contributed by atoms with Crippen molar-refractivity contribution < 1.29 is 24.0 Å². The Hall–Kier alpha value is -1.85. The van der Waals surface area contributed by atoms with E-state index in [0.29, 0.717) is 11.5 Å². The smallest absolute Gasteiger partial charge is 0.316 e. The number of esters is 1. The van der Waals surface area contributed by atoms with E-state index in [-0.39, 0.29) is 12.3 Å². The molecule has 0 amide bonds. The predicted octanol–water partition coefficient (Wildman–Crippen LogP) is 1.21. The van der Waals surface area contributed by atoms with Gasteiger partial charge in [0.05, 0.1) is 19.2 Å². The van der Waals surface area contributed by atoms with Crippen LogP contribution in [-0.2, 0) is 20.7 Å². The predicted molar refractivity (Wildman–Crippen MR) is 57.4 cm³/mol. The maximum atomic E-state index is 11.6. The quantitative estimate of drug-likeness (QED) is 0.779. The van der Waals surface area contributed by atoms with Gasteiger partial charge in [-0.05, 0) is 5.92 Å². The normalized spacial score (nSPS) is 12.5. The van der Waals surface area contributed by atoms with Crippen LogP contribution in [0.2, 0.25) is 0 Å². The first-order valence-electron chi connectivity index (χ1n) is 5.20. The molecule has 0 radical (unpaired) electrons. The molecule has 0 aliphatic heterocycles. The van der Waals surface area contributed by atoms with Crippen LogP contribution in [0.3, 0.4) is 0 Å². The Kier molecular flexibility index (Phi) is 4.25. The van der Waals surface area contributed by atoms with Crippen molar-refractivity contribution in [2.45, 2.75) is 26.2 Å². The summed E-state index contributed by atoms with van der Waals surface area (Å²) in [7, 11) is 1.30. The van der Waals surface area contributed by atoms with Gasteiger partial charge in [-0.25, -0.2) is 0 Å². The SMILES string of the molecule is COC(=O)C(c1cc(CC(=O)O)no1)C(C)C. The molecule has 6 heteroatoms. The number of rotatable bonds is 5. The van der Waals surface area contributed by atoms with Gasteiger partial charge in [-0.3, -0.25) is 9.59 Å². The fourth-order valence-corrected chi connectivity index (χ4v) is 1.56. The number of carboxylic acids is 1. The van der Waals surface area contributed by atoms with Gasteiger partial charge < -0.3 is 14.4 Å². The molecule has 1 heterocycles. The number of hydrogen-bond acceptors (Lipinski definition) is 5. The highest BCUT2D eigenvalue weighted by Crippen LogP contribution is 2.26. The van der Waals surface area contributed by atoms with E-state index in [0.717, 1.165) is 0 Å². The van der Waals surface area contributed by atoms with Gasteiger partial charge in [-0.2, -0.15) is 0 Å². The lowest BCUT2D eigenvalue weighted by atomic mass is 9.93. The fourth-order valence-electron chi connectivity index (χ4n) is 1.56. The Morgan fingerprint density at radius 1 is 1.53 bits per heavy atom. The van der Waals surface area contributed by atoms with Crippen molar-refractivity contribution in [1.82, 2.24) is 5.16 Å². The maximum Gasteiger partial charge on any atom is 0.316 e. The summed E-state index contributed by atoms with van der Waals surface area (Å²) in [4.78, 5) is 22.1. The van der Waals surface area contributed by atoms with Gasteiger partial charge in [0.15, 0.2) is 5.76 Å². The summed E-state index contributed by atoms with van der Waals surface area (Å²) in [6, 6.07) is 1.48. The molecular weight excluding hydrogens is 226 g/mol. The minimum absolute atomic E-state index is 0.0203. The highest BCUT2D eigenvalue weighted by atomic mass is 16.5. The van der Waals surface area contributed by atoms with Crippen molar-refractivity contribution in [3.63, 3.8) is 0 Å². The van der Waals surface area contributed by atoms with E-state index >= 15 is 0 Å². The molecule has 0 spiro atoms. The van der Waals surface area contributed by atoms with Gasteiger partial charge in [0.1, 0.15) is 5.92 Å². The third-order valence-corrected chi connectivity index (χ3v) is 2.34. The first-order chi connectivity index (χ1) is 7.95. The minimum Gasteiger partial charge on any atom is -0.481 e. The second-order valence-electron chi connectivity index (χ2n) is 4.04. The van der Waals surface area contributed by atoms with Gasteiger partial charge in [0.2, 0.25) is 0 Å². The number of aliphatic carboxylic acids is 1. The van der Waals surface area contributed by atoms with Crippen molar-refractivity contribution in [3.8, 4) is 0 Å². The van der Waals surface area contributed by atoms with Gasteiger partial charge in [-0.15, -0.1) is 0 Å². The van der Waals surface area contributed by atoms with E-state index in [9.17, 15) is 9.59 Å². The molecular formula is C11H15NO5. The summed E-state index contributed by atoms with van der Waals surface area (Å²) >= 11 is 0. The van der Waals surface area contributed by atoms with Crippen LogP contribution in [0.1, 0.15) is 31.2 Å². The van der Waals surface area contributed by atoms with E-state index in [2.05, 4.69) is 9.89 Å². The zero-order valence-electron chi connectivity index (χ0n) is 9.97. The molecule has 1 rings (SSSR count). The van der Waals surface area contributed by atoms with Crippen LogP contribution in [-0.4, -0.2) is 29.3 Å². The van der Waals surface area contributed by atoms with Crippen LogP contribution in [0, 0.1) is 5.92 Å². The highest BCUT2D eigenvalue weighted by molar-refractivity contribution is 5.77. The van der Waals surface area contributed by atoms with Crippen molar-refractivity contribution in [1.29, 1.82) is 0 Å². The monoisotopic (exact) mass is 241 g/mol. The molecule has 1 unspecified atom stereocenters. The number of nitrogens with zero attached hydrogens (tertiary/aromatic N) is 1. The lowest BCUT2D eigenvalue weighted by molar-refractivity contribution is -0.144. The van der Waals surface area contributed by atoms with Crippen molar-refractivity contribution in [2.75, 3.05) is 7.11 Å². The third-order valence-electron chi connectivity index (χ3n) is 2.34. The number of carboxylic acid groups (broad SMARTS) is 1. The number of carbonyl (C=O) groups is 2. The molecule has 1 N–H and O–H groups in total. The van der Waals surface area contributed by atoms with Crippen molar-refractivity contribution in [2.24, 2.45) is 5.92 Å². The Morgan fingerprint density at radius 2 is 2.18 bits per heavy atom. The largest absolute Gasteiger partial charge is 0.481 e. The summed E-state index contributed by atoms with van der Waals surface area (Å²) < 4.78 is 9.67.